The molecule has 0 fully saturated rings. The van der Waals surface area contributed by atoms with Gasteiger partial charge in [0.05, 0.1) is 0 Å². The van der Waals surface area contributed by atoms with E-state index in [1.54, 1.807) is 0 Å². The Morgan fingerprint density at radius 1 is 1.33 bits per heavy atom. The summed E-state index contributed by atoms with van der Waals surface area (Å²) in [5.74, 6) is 0. The Bertz CT molecular complexity index is 233. The second-order valence-electron chi connectivity index (χ2n) is 2.45. The molecule has 1 nitrogen and oxygen atoms in total. The summed E-state index contributed by atoms with van der Waals surface area (Å²) < 4.78 is 34.5. The molecule has 0 aromatic carbocycles. The molecule has 0 aromatic heterocycles. The molecule has 0 saturated heterocycles. The summed E-state index contributed by atoms with van der Waals surface area (Å²) in [6.07, 6.45) is -1.47. The van der Waals surface area contributed by atoms with Crippen molar-refractivity contribution in [2.75, 3.05) is 0 Å². The van der Waals surface area contributed by atoms with Crippen molar-refractivity contribution < 1.29 is 18.3 Å². The summed E-state index contributed by atoms with van der Waals surface area (Å²) in [5, 5.41) is 9.06. The van der Waals surface area contributed by atoms with E-state index in [4.69, 9.17) is 5.11 Å². The van der Waals surface area contributed by atoms with Gasteiger partial charge in [0.2, 0.25) is 0 Å². The average Bonchev–Trinajstić information content (AvgIpc) is 1.93. The lowest BCUT2D eigenvalue weighted by molar-refractivity contribution is -0.161. The van der Waals surface area contributed by atoms with Crippen molar-refractivity contribution in [1.82, 2.24) is 0 Å². The van der Waals surface area contributed by atoms with Crippen LogP contribution < -0.4 is 0 Å². The minimum atomic E-state index is -4.49. The molecule has 0 heterocycles. The summed E-state index contributed by atoms with van der Waals surface area (Å²) in [6.45, 7) is 0. The van der Waals surface area contributed by atoms with Crippen molar-refractivity contribution in [3.05, 3.63) is 24.3 Å². The third-order valence-corrected chi connectivity index (χ3v) is 2.79. The predicted octanol–water partition coefficient (Wildman–Crippen LogP) is 2.17. The highest BCUT2D eigenvalue weighted by atomic mass is 79.9. The lowest BCUT2D eigenvalue weighted by Gasteiger charge is -2.31. The molecule has 2 atom stereocenters. The van der Waals surface area contributed by atoms with Gasteiger partial charge in [0.25, 0.3) is 0 Å². The Balaban J connectivity index is 2.99. The van der Waals surface area contributed by atoms with Gasteiger partial charge < -0.3 is 5.11 Å². The maximum Gasteiger partial charge on any atom is 0.410 e. The third kappa shape index (κ3) is 1.43. The first-order valence-electron chi connectivity index (χ1n) is 3.17. The zero-order valence-electron chi connectivity index (χ0n) is 5.85. The SMILES string of the molecule is OC1C=CC=CC1(Br)C(F)(F)F. The Kier molecular flexibility index (Phi) is 2.35. The molecule has 5 heteroatoms. The van der Waals surface area contributed by atoms with Crippen LogP contribution in [-0.4, -0.2) is 21.7 Å². The number of rotatable bonds is 0. The van der Waals surface area contributed by atoms with E-state index >= 15 is 0 Å². The van der Waals surface area contributed by atoms with Crippen molar-refractivity contribution in [3.63, 3.8) is 0 Å². The molecule has 0 radical (unpaired) electrons. The number of alkyl halides is 4. The van der Waals surface area contributed by atoms with Crippen molar-refractivity contribution in [1.29, 1.82) is 0 Å². The highest BCUT2D eigenvalue weighted by molar-refractivity contribution is 9.10. The third-order valence-electron chi connectivity index (χ3n) is 1.61. The van der Waals surface area contributed by atoms with E-state index in [1.165, 1.54) is 12.2 Å². The maximum atomic E-state index is 12.3. The standard InChI is InChI=1S/C7H6BrF3O/c8-6(7(9,10)11)4-2-1-3-5(6)12/h1-5,12H. The Morgan fingerprint density at radius 2 is 1.92 bits per heavy atom. The fraction of sp³-hybridized carbons (Fsp3) is 0.429. The number of halogens is 4. The van der Waals surface area contributed by atoms with E-state index < -0.39 is 16.6 Å². The van der Waals surface area contributed by atoms with Gasteiger partial charge in [-0.1, -0.05) is 40.2 Å². The number of aliphatic hydroxyl groups excluding tert-OH is 1. The second-order valence-corrected chi connectivity index (χ2v) is 3.77. The van der Waals surface area contributed by atoms with E-state index in [0.717, 1.165) is 12.2 Å². The van der Waals surface area contributed by atoms with Gasteiger partial charge in [-0.25, -0.2) is 0 Å². The Labute approximate surface area is 75.7 Å². The minimum absolute atomic E-state index is 0.887. The monoisotopic (exact) mass is 242 g/mol. The second kappa shape index (κ2) is 2.88. The van der Waals surface area contributed by atoms with Gasteiger partial charge in [0, 0.05) is 0 Å². The van der Waals surface area contributed by atoms with Gasteiger partial charge in [-0.05, 0) is 0 Å². The largest absolute Gasteiger partial charge is 0.410 e. The van der Waals surface area contributed by atoms with E-state index in [9.17, 15) is 13.2 Å². The predicted molar refractivity (Wildman–Crippen MR) is 42.0 cm³/mol. The first kappa shape index (κ1) is 9.80. The van der Waals surface area contributed by atoms with Gasteiger partial charge in [-0.3, -0.25) is 0 Å². The molecule has 1 rings (SSSR count). The topological polar surface area (TPSA) is 20.2 Å². The molecule has 1 aliphatic rings. The molecule has 12 heavy (non-hydrogen) atoms. The molecule has 0 bridgehead atoms. The molecule has 0 aromatic rings. The number of aliphatic hydroxyl groups is 1. The first-order chi connectivity index (χ1) is 5.38. The number of allylic oxidation sites excluding steroid dienone is 2. The van der Waals surface area contributed by atoms with Crippen LogP contribution in [0.5, 0.6) is 0 Å². The molecule has 2 unspecified atom stereocenters. The fourth-order valence-electron chi connectivity index (χ4n) is 0.866. The van der Waals surface area contributed by atoms with Crippen LogP contribution >= 0.6 is 15.9 Å². The van der Waals surface area contributed by atoms with Crippen molar-refractivity contribution >= 4 is 15.9 Å². The van der Waals surface area contributed by atoms with Crippen LogP contribution in [-0.2, 0) is 0 Å². The van der Waals surface area contributed by atoms with Crippen molar-refractivity contribution in [3.8, 4) is 0 Å². The quantitative estimate of drug-likeness (QED) is 0.646. The zero-order valence-corrected chi connectivity index (χ0v) is 7.43. The molecule has 1 N–H and O–H groups in total. The van der Waals surface area contributed by atoms with E-state index in [0.29, 0.717) is 0 Å². The molecule has 1 aliphatic carbocycles. The van der Waals surface area contributed by atoms with E-state index in [-0.39, 0.29) is 0 Å². The van der Waals surface area contributed by atoms with Crippen LogP contribution in [0.1, 0.15) is 0 Å². The van der Waals surface area contributed by atoms with Crippen LogP contribution in [0.2, 0.25) is 0 Å². The molecular formula is C7H6BrF3O. The summed E-state index contributed by atoms with van der Waals surface area (Å²) in [6, 6.07) is 0. The van der Waals surface area contributed by atoms with Gasteiger partial charge >= 0.3 is 6.18 Å². The highest BCUT2D eigenvalue weighted by Crippen LogP contribution is 2.43. The van der Waals surface area contributed by atoms with E-state index in [2.05, 4.69) is 15.9 Å². The van der Waals surface area contributed by atoms with Gasteiger partial charge in [0.15, 0.2) is 4.32 Å². The summed E-state index contributed by atoms with van der Waals surface area (Å²) in [7, 11) is 0. The first-order valence-corrected chi connectivity index (χ1v) is 3.97. The molecule has 68 valence electrons. The molecule has 0 saturated carbocycles. The van der Waals surface area contributed by atoms with Gasteiger partial charge in [0.1, 0.15) is 6.10 Å². The van der Waals surface area contributed by atoms with Gasteiger partial charge in [-0.15, -0.1) is 0 Å². The normalized spacial score (nSPS) is 35.6. The Morgan fingerprint density at radius 3 is 2.25 bits per heavy atom. The lowest BCUT2D eigenvalue weighted by Crippen LogP contribution is -2.47. The zero-order chi connectivity index (χ0) is 9.41. The molecule has 0 aliphatic heterocycles. The van der Waals surface area contributed by atoms with Crippen LogP contribution in [0.15, 0.2) is 24.3 Å². The molecular weight excluding hydrogens is 237 g/mol. The maximum absolute atomic E-state index is 12.3. The summed E-state index contributed by atoms with van der Waals surface area (Å²) in [4.78, 5) is 0. The van der Waals surface area contributed by atoms with E-state index in [1.807, 2.05) is 0 Å². The van der Waals surface area contributed by atoms with Gasteiger partial charge in [-0.2, -0.15) is 13.2 Å². The Hall–Kier alpha value is -0.290. The molecule has 0 amide bonds. The minimum Gasteiger partial charge on any atom is -0.387 e. The molecule has 0 spiro atoms. The number of hydrogen-bond acceptors (Lipinski definition) is 1. The average molecular weight is 243 g/mol. The van der Waals surface area contributed by atoms with Crippen molar-refractivity contribution in [2.45, 2.75) is 16.6 Å². The smallest absolute Gasteiger partial charge is 0.387 e. The fourth-order valence-corrected chi connectivity index (χ4v) is 1.17. The number of hydrogen-bond donors (Lipinski definition) is 1. The van der Waals surface area contributed by atoms with Crippen LogP contribution in [0.3, 0.4) is 0 Å². The van der Waals surface area contributed by atoms with Crippen LogP contribution in [0.4, 0.5) is 13.2 Å². The van der Waals surface area contributed by atoms with Crippen molar-refractivity contribution in [2.24, 2.45) is 0 Å². The summed E-state index contributed by atoms with van der Waals surface area (Å²) in [5.41, 5.74) is 0. The van der Waals surface area contributed by atoms with Crippen LogP contribution in [0.25, 0.3) is 0 Å². The van der Waals surface area contributed by atoms with Crippen LogP contribution in [0, 0.1) is 0 Å². The summed E-state index contributed by atoms with van der Waals surface area (Å²) >= 11 is 2.47. The highest BCUT2D eigenvalue weighted by Gasteiger charge is 2.55. The lowest BCUT2D eigenvalue weighted by atomic mass is 9.97.